The Morgan fingerprint density at radius 2 is 1.83 bits per heavy atom. The summed E-state index contributed by atoms with van der Waals surface area (Å²) in [4.78, 5) is 11.6. The Morgan fingerprint density at radius 3 is 2.33 bits per heavy atom. The average Bonchev–Trinajstić information content (AvgIpc) is 2.42. The quantitative estimate of drug-likeness (QED) is 0.329. The van der Waals surface area contributed by atoms with E-state index >= 15 is 0 Å². The molecule has 0 radical (unpaired) electrons. The van der Waals surface area contributed by atoms with Crippen LogP contribution in [0, 0.1) is 0 Å². The van der Waals surface area contributed by atoms with E-state index in [4.69, 9.17) is 15.5 Å². The van der Waals surface area contributed by atoms with E-state index in [1.165, 1.54) is 0 Å². The molecule has 0 bridgehead atoms. The molecular weight excluding hydrogens is 238 g/mol. The number of nitrogens with one attached hydrogen (secondary N) is 1. The minimum absolute atomic E-state index is 0.00531. The summed E-state index contributed by atoms with van der Waals surface area (Å²) in [7, 11) is 0. The maximum absolute atomic E-state index is 11.6. The second-order valence-corrected chi connectivity index (χ2v) is 3.24. The first-order chi connectivity index (χ1) is 8.74. The molecule has 0 heterocycles. The van der Waals surface area contributed by atoms with Crippen molar-refractivity contribution in [2.24, 2.45) is 10.3 Å². The van der Waals surface area contributed by atoms with Crippen LogP contribution in [0.15, 0.2) is 40.6 Å². The number of hydrogen-bond donors (Lipinski definition) is 4. The summed E-state index contributed by atoms with van der Waals surface area (Å²) in [6, 6.07) is 8.31. The fourth-order valence-corrected chi connectivity index (χ4v) is 1.29. The summed E-state index contributed by atoms with van der Waals surface area (Å²) in [5.41, 5.74) is -0.169. The van der Waals surface area contributed by atoms with E-state index in [0.29, 0.717) is 5.56 Å². The number of nitrogens with zero attached hydrogens (tertiary/aromatic N) is 2. The van der Waals surface area contributed by atoms with Crippen molar-refractivity contribution in [1.29, 1.82) is 0 Å². The lowest BCUT2D eigenvalue weighted by molar-refractivity contribution is -0.114. The number of aliphatic hydroxyl groups excluding tert-OH is 1. The van der Waals surface area contributed by atoms with Crippen molar-refractivity contribution in [1.82, 2.24) is 5.32 Å². The summed E-state index contributed by atoms with van der Waals surface area (Å²) in [6.07, 6.45) is 0. The number of carbonyl (C=O) groups is 1. The Balaban J connectivity index is 2.97. The molecule has 1 rings (SSSR count). The van der Waals surface area contributed by atoms with Crippen LogP contribution in [-0.4, -0.2) is 46.0 Å². The molecule has 1 aromatic carbocycles. The van der Waals surface area contributed by atoms with E-state index in [-0.39, 0.29) is 18.9 Å². The smallest absolute Gasteiger partial charge is 0.275 e. The molecule has 0 atom stereocenters. The molecule has 0 unspecified atom stereocenters. The van der Waals surface area contributed by atoms with Crippen molar-refractivity contribution < 1.29 is 20.3 Å². The second-order valence-electron chi connectivity index (χ2n) is 3.24. The van der Waals surface area contributed by atoms with Crippen LogP contribution in [0.4, 0.5) is 0 Å². The summed E-state index contributed by atoms with van der Waals surface area (Å²) in [6.45, 7) is -0.243. The molecule has 96 valence electrons. The first kappa shape index (κ1) is 13.7. The van der Waals surface area contributed by atoms with Crippen LogP contribution >= 0.6 is 0 Å². The SMILES string of the molecule is O=C(NCCO)C(=N\O)/C(=N/O)c1ccccc1. The number of hydrogen-bond acceptors (Lipinski definition) is 6. The molecule has 7 heteroatoms. The van der Waals surface area contributed by atoms with Gasteiger partial charge in [0.05, 0.1) is 6.61 Å². The molecular formula is C11H13N3O4. The van der Waals surface area contributed by atoms with Crippen LogP contribution in [0.1, 0.15) is 5.56 Å². The van der Waals surface area contributed by atoms with Gasteiger partial charge in [-0.1, -0.05) is 40.6 Å². The molecule has 1 amide bonds. The van der Waals surface area contributed by atoms with Gasteiger partial charge in [0.15, 0.2) is 5.71 Å². The number of rotatable bonds is 5. The molecule has 0 aromatic heterocycles. The highest BCUT2D eigenvalue weighted by Crippen LogP contribution is 2.03. The van der Waals surface area contributed by atoms with Crippen LogP contribution in [0.25, 0.3) is 0 Å². The van der Waals surface area contributed by atoms with Crippen LogP contribution in [0.3, 0.4) is 0 Å². The van der Waals surface area contributed by atoms with Crippen LogP contribution in [0.2, 0.25) is 0 Å². The van der Waals surface area contributed by atoms with Gasteiger partial charge >= 0.3 is 0 Å². The standard InChI is InChI=1S/C11H13N3O4/c15-7-6-12-11(16)10(14-18)9(13-17)8-4-2-1-3-5-8/h1-5,15,17-18H,6-7H2,(H,12,16)/b13-9+,14-10-. The summed E-state index contributed by atoms with van der Waals surface area (Å²) in [5.74, 6) is -0.747. The highest BCUT2D eigenvalue weighted by Gasteiger charge is 2.20. The van der Waals surface area contributed by atoms with Gasteiger partial charge < -0.3 is 20.8 Å². The van der Waals surface area contributed by atoms with Crippen molar-refractivity contribution in [3.63, 3.8) is 0 Å². The first-order valence-electron chi connectivity index (χ1n) is 5.13. The van der Waals surface area contributed by atoms with Crippen molar-refractivity contribution in [2.45, 2.75) is 0 Å². The monoisotopic (exact) mass is 251 g/mol. The molecule has 18 heavy (non-hydrogen) atoms. The van der Waals surface area contributed by atoms with Gasteiger partial charge in [0.2, 0.25) is 0 Å². The minimum atomic E-state index is -0.747. The number of benzene rings is 1. The molecule has 7 nitrogen and oxygen atoms in total. The van der Waals surface area contributed by atoms with Gasteiger partial charge in [0, 0.05) is 12.1 Å². The zero-order valence-corrected chi connectivity index (χ0v) is 9.45. The predicted octanol–water partition coefficient (Wildman–Crippen LogP) is -0.196. The highest BCUT2D eigenvalue weighted by atomic mass is 16.4. The lowest BCUT2D eigenvalue weighted by Crippen LogP contribution is -2.37. The molecule has 0 fully saturated rings. The topological polar surface area (TPSA) is 115 Å². The third kappa shape index (κ3) is 3.29. The van der Waals surface area contributed by atoms with Crippen molar-refractivity contribution in [3.05, 3.63) is 35.9 Å². The van der Waals surface area contributed by atoms with E-state index in [1.807, 2.05) is 0 Å². The van der Waals surface area contributed by atoms with Gasteiger partial charge in [-0.3, -0.25) is 4.79 Å². The zero-order chi connectivity index (χ0) is 13.4. The van der Waals surface area contributed by atoms with Gasteiger partial charge in [0.1, 0.15) is 5.71 Å². The van der Waals surface area contributed by atoms with E-state index < -0.39 is 11.6 Å². The third-order valence-corrected chi connectivity index (χ3v) is 2.08. The van der Waals surface area contributed by atoms with Crippen molar-refractivity contribution >= 4 is 17.3 Å². The highest BCUT2D eigenvalue weighted by molar-refractivity contribution is 6.69. The Hall–Kier alpha value is -2.41. The first-order valence-corrected chi connectivity index (χ1v) is 5.13. The summed E-state index contributed by atoms with van der Waals surface area (Å²) in [5, 5.41) is 34.4. The summed E-state index contributed by atoms with van der Waals surface area (Å²) >= 11 is 0. The van der Waals surface area contributed by atoms with Gasteiger partial charge in [-0.05, 0) is 0 Å². The molecule has 0 saturated carbocycles. The fraction of sp³-hybridized carbons (Fsp3) is 0.182. The minimum Gasteiger partial charge on any atom is -0.410 e. The maximum atomic E-state index is 11.6. The Morgan fingerprint density at radius 1 is 1.17 bits per heavy atom. The molecule has 0 aliphatic carbocycles. The number of amides is 1. The molecule has 1 aromatic rings. The van der Waals surface area contributed by atoms with Gasteiger partial charge in [-0.15, -0.1) is 0 Å². The molecule has 0 spiro atoms. The molecule has 0 aliphatic heterocycles. The second kappa shape index (κ2) is 7.02. The lowest BCUT2D eigenvalue weighted by atomic mass is 10.1. The average molecular weight is 251 g/mol. The van der Waals surface area contributed by atoms with E-state index in [2.05, 4.69) is 15.6 Å². The molecule has 4 N–H and O–H groups in total. The molecule has 0 aliphatic rings. The fourth-order valence-electron chi connectivity index (χ4n) is 1.29. The molecule has 0 saturated heterocycles. The van der Waals surface area contributed by atoms with Gasteiger partial charge in [-0.2, -0.15) is 0 Å². The lowest BCUT2D eigenvalue weighted by Gasteiger charge is -2.07. The largest absolute Gasteiger partial charge is 0.410 e. The van der Waals surface area contributed by atoms with Crippen molar-refractivity contribution in [3.8, 4) is 0 Å². The van der Waals surface area contributed by atoms with E-state index in [1.54, 1.807) is 30.3 Å². The normalized spacial score (nSPS) is 12.3. The summed E-state index contributed by atoms with van der Waals surface area (Å²) < 4.78 is 0. The Kier molecular flexibility index (Phi) is 5.33. The number of oxime groups is 2. The Bertz CT molecular complexity index is 457. The number of carbonyl (C=O) groups excluding carboxylic acids is 1. The predicted molar refractivity (Wildman–Crippen MR) is 64.1 cm³/mol. The van der Waals surface area contributed by atoms with Crippen LogP contribution < -0.4 is 5.32 Å². The maximum Gasteiger partial charge on any atom is 0.275 e. The third-order valence-electron chi connectivity index (χ3n) is 2.08. The number of aliphatic hydroxyl groups is 1. The van der Waals surface area contributed by atoms with Crippen LogP contribution in [0.5, 0.6) is 0 Å². The van der Waals surface area contributed by atoms with Gasteiger partial charge in [-0.25, -0.2) is 0 Å². The van der Waals surface area contributed by atoms with Crippen molar-refractivity contribution in [2.75, 3.05) is 13.2 Å². The van der Waals surface area contributed by atoms with Crippen LogP contribution in [-0.2, 0) is 4.79 Å². The van der Waals surface area contributed by atoms with E-state index in [0.717, 1.165) is 0 Å². The van der Waals surface area contributed by atoms with E-state index in [9.17, 15) is 4.79 Å². The zero-order valence-electron chi connectivity index (χ0n) is 9.45. The Labute approximate surface area is 103 Å². The van der Waals surface area contributed by atoms with Gasteiger partial charge in [0.25, 0.3) is 5.91 Å².